The molecule has 2 aliphatic heterocycles. The molecule has 2 heterocycles. The van der Waals surface area contributed by atoms with Gasteiger partial charge in [-0.3, -0.25) is 29.0 Å². The van der Waals surface area contributed by atoms with E-state index in [9.17, 15) is 27.6 Å². The van der Waals surface area contributed by atoms with Gasteiger partial charge in [0.2, 0.25) is 17.7 Å². The minimum absolute atomic E-state index is 0. The first-order valence-corrected chi connectivity index (χ1v) is 7.00. The van der Waals surface area contributed by atoms with Crippen LogP contribution in [-0.2, 0) is 29.5 Å². The molecule has 0 radical (unpaired) electrons. The molecular weight excluding hydrogens is 317 g/mol. The summed E-state index contributed by atoms with van der Waals surface area (Å²) in [5.74, 6) is -3.40. The molecule has 2 atom stereocenters. The van der Waals surface area contributed by atoms with E-state index in [-0.39, 0.29) is 53.2 Å². The zero-order valence-corrected chi connectivity index (χ0v) is 10.8. The molecular formula is C9H12N3NaO7S. The molecule has 2 rings (SSSR count). The quantitative estimate of drug-likeness (QED) is 0.210. The molecule has 0 bridgehead atoms. The van der Waals surface area contributed by atoms with E-state index >= 15 is 0 Å². The third kappa shape index (κ3) is 4.01. The van der Waals surface area contributed by atoms with Crippen LogP contribution in [0.25, 0.3) is 0 Å². The van der Waals surface area contributed by atoms with Crippen LogP contribution in [-0.4, -0.2) is 83.0 Å². The third-order valence-corrected chi connectivity index (χ3v) is 3.89. The molecule has 21 heavy (non-hydrogen) atoms. The molecule has 2 unspecified atom stereocenters. The van der Waals surface area contributed by atoms with Crippen LogP contribution in [0.3, 0.4) is 0 Å². The summed E-state index contributed by atoms with van der Waals surface area (Å²) in [6, 6.07) is -1.05. The number of amides is 4. The molecule has 0 saturated carbocycles. The molecule has 12 heteroatoms. The van der Waals surface area contributed by atoms with E-state index in [0.717, 1.165) is 0 Å². The molecule has 0 spiro atoms. The summed E-state index contributed by atoms with van der Waals surface area (Å²) in [7, 11) is -4.60. The average molecular weight is 329 g/mol. The van der Waals surface area contributed by atoms with Crippen molar-refractivity contribution in [3.05, 3.63) is 0 Å². The van der Waals surface area contributed by atoms with Gasteiger partial charge in [0, 0.05) is 12.8 Å². The number of carbonyl (C=O) groups is 4. The Morgan fingerprint density at radius 3 is 2.43 bits per heavy atom. The zero-order valence-electron chi connectivity index (χ0n) is 10.0. The van der Waals surface area contributed by atoms with Gasteiger partial charge < -0.3 is 5.32 Å². The van der Waals surface area contributed by atoms with Crippen LogP contribution < -0.4 is 10.6 Å². The van der Waals surface area contributed by atoms with Crippen molar-refractivity contribution in [3.8, 4) is 0 Å². The van der Waals surface area contributed by atoms with Crippen molar-refractivity contribution in [2.45, 2.75) is 18.9 Å². The van der Waals surface area contributed by atoms with E-state index < -0.39 is 45.9 Å². The van der Waals surface area contributed by atoms with Crippen molar-refractivity contribution in [2.75, 3.05) is 6.54 Å². The zero-order chi connectivity index (χ0) is 15.1. The number of carbonyl (C=O) groups excluding carboxylic acids is 4. The van der Waals surface area contributed by atoms with Crippen LogP contribution in [0.15, 0.2) is 0 Å². The molecule has 0 aromatic carbocycles. The Kier molecular flexibility index (Phi) is 5.50. The Hall–Kier alpha value is -1.01. The molecule has 0 aromatic heterocycles. The predicted octanol–water partition coefficient (Wildman–Crippen LogP) is -3.48. The van der Waals surface area contributed by atoms with E-state index in [1.807, 2.05) is 5.32 Å². The molecule has 2 fully saturated rings. The van der Waals surface area contributed by atoms with Crippen molar-refractivity contribution in [2.24, 2.45) is 5.92 Å². The van der Waals surface area contributed by atoms with Gasteiger partial charge in [-0.05, 0) is 0 Å². The Morgan fingerprint density at radius 2 is 2.00 bits per heavy atom. The van der Waals surface area contributed by atoms with Crippen LogP contribution in [0.5, 0.6) is 0 Å². The SMILES string of the molecule is O=C1CC(CC(=O)NC2CN(S(=O)(=O)O)C2=O)C(=O)N1.[NaH]. The van der Waals surface area contributed by atoms with Gasteiger partial charge in [0.15, 0.2) is 0 Å². The average Bonchev–Trinajstić information content (AvgIpc) is 2.60. The topological polar surface area (TPSA) is 150 Å². The molecule has 4 amide bonds. The molecule has 10 nitrogen and oxygen atoms in total. The number of imide groups is 1. The first-order chi connectivity index (χ1) is 9.18. The van der Waals surface area contributed by atoms with Gasteiger partial charge in [-0.25, -0.2) is 4.31 Å². The summed E-state index contributed by atoms with van der Waals surface area (Å²) in [4.78, 5) is 45.1. The van der Waals surface area contributed by atoms with Gasteiger partial charge in [0.25, 0.3) is 5.91 Å². The number of hydrogen-bond acceptors (Lipinski definition) is 6. The fourth-order valence-electron chi connectivity index (χ4n) is 1.96. The molecule has 0 aromatic rings. The Labute approximate surface area is 141 Å². The Bertz CT molecular complexity index is 604. The summed E-state index contributed by atoms with van der Waals surface area (Å²) >= 11 is 0. The Morgan fingerprint density at radius 1 is 1.38 bits per heavy atom. The van der Waals surface area contributed by atoms with Gasteiger partial charge in [-0.15, -0.1) is 0 Å². The van der Waals surface area contributed by atoms with Crippen molar-refractivity contribution in [3.63, 3.8) is 0 Å². The van der Waals surface area contributed by atoms with Crippen LogP contribution in [0, 0.1) is 5.92 Å². The number of hydrogen-bond donors (Lipinski definition) is 3. The normalized spacial score (nSPS) is 25.0. The summed E-state index contributed by atoms with van der Waals surface area (Å²) in [5.41, 5.74) is 0. The number of rotatable bonds is 4. The maximum atomic E-state index is 11.6. The second-order valence-electron chi connectivity index (χ2n) is 4.48. The standard InChI is InChI=1S/C9H11N3O7S.Na.H/c13-6(1-4-2-7(14)11-8(4)15)10-5-3-12(9(5)16)20(17,18)19;;/h4-5H,1-3H2,(H,10,13)(H,11,14,15)(H,17,18,19);;. The summed E-state index contributed by atoms with van der Waals surface area (Å²) in [6.07, 6.45) is -0.366. The first kappa shape index (κ1) is 18.0. The number of β-lactam (4-membered cyclic amide) rings is 1. The van der Waals surface area contributed by atoms with Gasteiger partial charge in [0.1, 0.15) is 6.04 Å². The van der Waals surface area contributed by atoms with Gasteiger partial charge >= 0.3 is 39.9 Å². The molecule has 3 N–H and O–H groups in total. The number of nitrogens with one attached hydrogen (secondary N) is 2. The molecule has 2 aliphatic rings. The van der Waals surface area contributed by atoms with Crippen molar-refractivity contribution >= 4 is 63.5 Å². The predicted molar refractivity (Wildman–Crippen MR) is 68.2 cm³/mol. The van der Waals surface area contributed by atoms with Gasteiger partial charge in [-0.2, -0.15) is 8.42 Å². The molecule has 2 saturated heterocycles. The fourth-order valence-corrected chi connectivity index (χ4v) is 2.65. The van der Waals surface area contributed by atoms with Crippen molar-refractivity contribution < 1.29 is 32.1 Å². The summed E-state index contributed by atoms with van der Waals surface area (Å²) in [6.45, 7) is -0.362. The summed E-state index contributed by atoms with van der Waals surface area (Å²) < 4.78 is 30.2. The van der Waals surface area contributed by atoms with E-state index in [4.69, 9.17) is 4.55 Å². The summed E-state index contributed by atoms with van der Waals surface area (Å²) in [5, 5.41) is 4.28. The molecule has 0 aliphatic carbocycles. The molecule has 112 valence electrons. The van der Waals surface area contributed by atoms with E-state index in [0.29, 0.717) is 0 Å². The van der Waals surface area contributed by atoms with E-state index in [1.54, 1.807) is 0 Å². The second kappa shape index (κ2) is 6.40. The fraction of sp³-hybridized carbons (Fsp3) is 0.556. The first-order valence-electron chi connectivity index (χ1n) is 5.60. The van der Waals surface area contributed by atoms with Crippen LogP contribution in [0.1, 0.15) is 12.8 Å². The van der Waals surface area contributed by atoms with E-state index in [1.165, 1.54) is 0 Å². The Balaban J connectivity index is 0.00000220. The van der Waals surface area contributed by atoms with Crippen LogP contribution in [0.4, 0.5) is 0 Å². The van der Waals surface area contributed by atoms with E-state index in [2.05, 4.69) is 5.32 Å². The minimum atomic E-state index is -4.60. The van der Waals surface area contributed by atoms with Crippen molar-refractivity contribution in [1.82, 2.24) is 14.9 Å². The van der Waals surface area contributed by atoms with Crippen molar-refractivity contribution in [1.29, 1.82) is 0 Å². The van der Waals surface area contributed by atoms with Gasteiger partial charge in [0.05, 0.1) is 12.5 Å². The third-order valence-electron chi connectivity index (χ3n) is 3.00. The monoisotopic (exact) mass is 329 g/mol. The van der Waals surface area contributed by atoms with Crippen LogP contribution >= 0.6 is 0 Å². The maximum absolute atomic E-state index is 11.6. The number of nitrogens with zero attached hydrogens (tertiary/aromatic N) is 1. The van der Waals surface area contributed by atoms with Crippen LogP contribution in [0.2, 0.25) is 0 Å². The van der Waals surface area contributed by atoms with Gasteiger partial charge in [-0.1, -0.05) is 0 Å². The second-order valence-corrected chi connectivity index (χ2v) is 5.82.